The van der Waals surface area contributed by atoms with Crippen molar-refractivity contribution in [2.45, 2.75) is 19.9 Å². The maximum absolute atomic E-state index is 5.65. The Balaban J connectivity index is 1.77. The van der Waals surface area contributed by atoms with Crippen LogP contribution in [-0.4, -0.2) is 57.9 Å². The van der Waals surface area contributed by atoms with Gasteiger partial charge in [0.1, 0.15) is 0 Å². The highest BCUT2D eigenvalue weighted by Gasteiger charge is 2.24. The van der Waals surface area contributed by atoms with Crippen LogP contribution < -0.4 is 5.32 Å². The van der Waals surface area contributed by atoms with Gasteiger partial charge in [0.05, 0.1) is 19.8 Å². The molecule has 1 N–H and O–H groups in total. The molecule has 0 radical (unpaired) electrons. The van der Waals surface area contributed by atoms with Gasteiger partial charge in [-0.3, -0.25) is 4.99 Å². The summed E-state index contributed by atoms with van der Waals surface area (Å²) in [6.45, 7) is 7.12. The number of nitrogens with one attached hydrogen (secondary N) is 1. The Morgan fingerprint density at radius 3 is 2.91 bits per heavy atom. The number of rotatable bonds is 7. The molecule has 0 amide bonds. The third kappa shape index (κ3) is 5.52. The lowest BCUT2D eigenvalue weighted by Gasteiger charge is -2.22. The number of methoxy groups -OCH3 is 1. The van der Waals surface area contributed by atoms with Gasteiger partial charge in [-0.15, -0.1) is 0 Å². The van der Waals surface area contributed by atoms with Crippen molar-refractivity contribution in [3.63, 3.8) is 0 Å². The van der Waals surface area contributed by atoms with Gasteiger partial charge in [-0.25, -0.2) is 0 Å². The zero-order valence-corrected chi connectivity index (χ0v) is 14.5. The van der Waals surface area contributed by atoms with E-state index >= 15 is 0 Å². The highest BCUT2D eigenvalue weighted by molar-refractivity contribution is 5.80. The molecular weight excluding hydrogens is 290 g/mol. The first-order valence-electron chi connectivity index (χ1n) is 8.31. The zero-order chi connectivity index (χ0) is 16.5. The van der Waals surface area contributed by atoms with Crippen LogP contribution in [0.1, 0.15) is 17.5 Å². The van der Waals surface area contributed by atoms with Crippen molar-refractivity contribution in [1.29, 1.82) is 0 Å². The quantitative estimate of drug-likeness (QED) is 0.475. The summed E-state index contributed by atoms with van der Waals surface area (Å²) in [6, 6.07) is 8.45. The molecule has 128 valence electrons. The van der Waals surface area contributed by atoms with Crippen LogP contribution in [0.5, 0.6) is 0 Å². The molecule has 5 nitrogen and oxygen atoms in total. The van der Waals surface area contributed by atoms with E-state index in [1.807, 2.05) is 7.05 Å². The monoisotopic (exact) mass is 319 g/mol. The second-order valence-corrected chi connectivity index (χ2v) is 6.00. The normalized spacial score (nSPS) is 18.5. The largest absolute Gasteiger partial charge is 0.382 e. The lowest BCUT2D eigenvalue weighted by atomic mass is 10.1. The minimum Gasteiger partial charge on any atom is -0.382 e. The van der Waals surface area contributed by atoms with Gasteiger partial charge in [0.2, 0.25) is 0 Å². The number of nitrogens with zero attached hydrogens (tertiary/aromatic N) is 2. The molecule has 1 aromatic rings. The molecule has 1 aromatic carbocycles. The molecule has 0 bridgehead atoms. The van der Waals surface area contributed by atoms with Crippen LogP contribution in [0.25, 0.3) is 0 Å². The first kappa shape index (κ1) is 17.8. The van der Waals surface area contributed by atoms with E-state index in [9.17, 15) is 0 Å². The van der Waals surface area contributed by atoms with E-state index in [2.05, 4.69) is 46.4 Å². The van der Waals surface area contributed by atoms with E-state index in [4.69, 9.17) is 9.47 Å². The molecule has 1 aliphatic rings. The molecule has 0 spiro atoms. The molecule has 1 atom stereocenters. The van der Waals surface area contributed by atoms with Crippen LogP contribution in [0.4, 0.5) is 0 Å². The van der Waals surface area contributed by atoms with Crippen molar-refractivity contribution in [1.82, 2.24) is 10.2 Å². The van der Waals surface area contributed by atoms with Gasteiger partial charge >= 0.3 is 0 Å². The summed E-state index contributed by atoms with van der Waals surface area (Å²) in [7, 11) is 3.55. The summed E-state index contributed by atoms with van der Waals surface area (Å²) in [5.74, 6) is 1.55. The SMILES string of the molecule is CN=C(NCc1ccccc1C)N1CCC(COCCOC)C1. The van der Waals surface area contributed by atoms with E-state index in [1.165, 1.54) is 11.1 Å². The number of aryl methyl sites for hydroxylation is 1. The van der Waals surface area contributed by atoms with Crippen LogP contribution in [0.3, 0.4) is 0 Å². The highest BCUT2D eigenvalue weighted by Crippen LogP contribution is 2.17. The second-order valence-electron chi connectivity index (χ2n) is 6.00. The van der Waals surface area contributed by atoms with Crippen molar-refractivity contribution < 1.29 is 9.47 Å². The Bertz CT molecular complexity index is 505. The summed E-state index contributed by atoms with van der Waals surface area (Å²) < 4.78 is 10.7. The average molecular weight is 319 g/mol. The van der Waals surface area contributed by atoms with Crippen LogP contribution >= 0.6 is 0 Å². The molecule has 23 heavy (non-hydrogen) atoms. The molecule has 1 unspecified atom stereocenters. The van der Waals surface area contributed by atoms with Gasteiger partial charge < -0.3 is 19.7 Å². The molecular formula is C18H29N3O2. The number of aliphatic imine (C=N–C) groups is 1. The molecule has 0 aromatic heterocycles. The molecule has 0 saturated carbocycles. The van der Waals surface area contributed by atoms with Crippen LogP contribution in [0.15, 0.2) is 29.3 Å². The van der Waals surface area contributed by atoms with Crippen LogP contribution in [0, 0.1) is 12.8 Å². The van der Waals surface area contributed by atoms with Gasteiger partial charge in [0.25, 0.3) is 0 Å². The van der Waals surface area contributed by atoms with Crippen molar-refractivity contribution in [3.05, 3.63) is 35.4 Å². The van der Waals surface area contributed by atoms with Crippen LogP contribution in [0.2, 0.25) is 0 Å². The number of likely N-dealkylation sites (tertiary alicyclic amines) is 1. The first-order valence-corrected chi connectivity index (χ1v) is 8.31. The van der Waals surface area contributed by atoms with Gasteiger partial charge in [-0.1, -0.05) is 24.3 Å². The van der Waals surface area contributed by atoms with Gasteiger partial charge in [-0.05, 0) is 24.5 Å². The van der Waals surface area contributed by atoms with Crippen molar-refractivity contribution >= 4 is 5.96 Å². The lowest BCUT2D eigenvalue weighted by Crippen LogP contribution is -2.40. The molecule has 1 aliphatic heterocycles. The molecule has 1 heterocycles. The van der Waals surface area contributed by atoms with Gasteiger partial charge in [0.15, 0.2) is 5.96 Å². The maximum Gasteiger partial charge on any atom is 0.193 e. The van der Waals surface area contributed by atoms with Gasteiger partial charge in [-0.2, -0.15) is 0 Å². The van der Waals surface area contributed by atoms with Crippen molar-refractivity contribution in [2.75, 3.05) is 47.1 Å². The average Bonchev–Trinajstić information content (AvgIpc) is 3.02. The number of guanidine groups is 1. The highest BCUT2D eigenvalue weighted by atomic mass is 16.5. The van der Waals surface area contributed by atoms with E-state index < -0.39 is 0 Å². The zero-order valence-electron chi connectivity index (χ0n) is 14.5. The van der Waals surface area contributed by atoms with E-state index in [0.29, 0.717) is 19.1 Å². The predicted octanol–water partition coefficient (Wildman–Crippen LogP) is 2.06. The fourth-order valence-corrected chi connectivity index (χ4v) is 2.87. The fourth-order valence-electron chi connectivity index (χ4n) is 2.87. The topological polar surface area (TPSA) is 46.1 Å². The van der Waals surface area contributed by atoms with E-state index in [-0.39, 0.29) is 0 Å². The standard InChI is InChI=1S/C18H29N3O2/c1-15-6-4-5-7-17(15)12-20-18(19-2)21-9-8-16(13-21)14-23-11-10-22-3/h4-7,16H,8-14H2,1-3H3,(H,19,20). The van der Waals surface area contributed by atoms with Gasteiger partial charge in [0, 0.05) is 39.7 Å². The van der Waals surface area contributed by atoms with Crippen LogP contribution in [-0.2, 0) is 16.0 Å². The lowest BCUT2D eigenvalue weighted by molar-refractivity contribution is 0.0536. The van der Waals surface area contributed by atoms with Crippen molar-refractivity contribution in [2.24, 2.45) is 10.9 Å². The van der Waals surface area contributed by atoms with E-state index in [1.54, 1.807) is 7.11 Å². The summed E-state index contributed by atoms with van der Waals surface area (Å²) >= 11 is 0. The Labute approximate surface area is 139 Å². The maximum atomic E-state index is 5.65. The number of benzene rings is 1. The molecule has 1 saturated heterocycles. The summed E-state index contributed by atoms with van der Waals surface area (Å²) in [6.07, 6.45) is 1.15. The third-order valence-corrected chi connectivity index (χ3v) is 4.28. The minimum atomic E-state index is 0.573. The second kappa shape index (κ2) is 9.53. The number of hydrogen-bond acceptors (Lipinski definition) is 3. The smallest absolute Gasteiger partial charge is 0.193 e. The molecule has 2 rings (SSSR count). The Morgan fingerprint density at radius 2 is 2.17 bits per heavy atom. The van der Waals surface area contributed by atoms with Crippen molar-refractivity contribution in [3.8, 4) is 0 Å². The molecule has 0 aliphatic carbocycles. The fraction of sp³-hybridized carbons (Fsp3) is 0.611. The third-order valence-electron chi connectivity index (χ3n) is 4.28. The summed E-state index contributed by atoms with van der Waals surface area (Å²) in [5.41, 5.74) is 2.62. The predicted molar refractivity (Wildman–Crippen MR) is 93.8 cm³/mol. The Kier molecular flexibility index (Phi) is 7.36. The Morgan fingerprint density at radius 1 is 1.35 bits per heavy atom. The minimum absolute atomic E-state index is 0.573. The van der Waals surface area contributed by atoms with E-state index in [0.717, 1.165) is 38.6 Å². The molecule has 1 fully saturated rings. The summed E-state index contributed by atoms with van der Waals surface area (Å²) in [5, 5.41) is 3.48. The Hall–Kier alpha value is -1.59. The summed E-state index contributed by atoms with van der Waals surface area (Å²) in [4.78, 5) is 6.75. The number of ether oxygens (including phenoxy) is 2. The first-order chi connectivity index (χ1) is 11.2. The molecule has 5 heteroatoms. The number of hydrogen-bond donors (Lipinski definition) is 1.